The molecule has 2 heterocycles. The molecule has 3 fully saturated rings. The number of aliphatic hydroxyl groups is 1. The number of fused-ring (bicyclic) bond motifs is 2. The zero-order valence-electron chi connectivity index (χ0n) is 36.5. The summed E-state index contributed by atoms with van der Waals surface area (Å²) in [7, 11) is 0. The number of nitrogens with two attached hydrogens (primary N) is 1. The Morgan fingerprint density at radius 2 is 1.77 bits per heavy atom. The van der Waals surface area contributed by atoms with Crippen molar-refractivity contribution in [1.82, 2.24) is 15.1 Å². The lowest BCUT2D eigenvalue weighted by Crippen LogP contribution is -2.45. The molecule has 3 amide bonds. The van der Waals surface area contributed by atoms with Crippen LogP contribution in [0.25, 0.3) is 11.1 Å². The molecule has 340 valence electrons. The van der Waals surface area contributed by atoms with Gasteiger partial charge in [0.15, 0.2) is 12.4 Å². The maximum atomic E-state index is 13.5. The maximum Gasteiger partial charge on any atom is 0.411 e. The Morgan fingerprint density at radius 1 is 0.984 bits per heavy atom. The molecule has 4 aromatic rings. The first-order valence-electron chi connectivity index (χ1n) is 22.9. The van der Waals surface area contributed by atoms with E-state index in [-0.39, 0.29) is 65.8 Å². The summed E-state index contributed by atoms with van der Waals surface area (Å²) in [6.07, 6.45) is 5.97. The molecule has 2 unspecified atom stereocenters. The SMILES string of the molecule is N[C@@]12CC(OC(=O)Nc3ccccc3-c3ccccc3)CC1CN(CCc1cccc(CCOCCC(=O)N(CCNC[C@H](O)c3ccc(O)c4c3OCC(=O)N4)C3CCCC3)c1)C2. The van der Waals surface area contributed by atoms with Crippen LogP contribution in [-0.2, 0) is 31.9 Å². The molecule has 2 aliphatic carbocycles. The summed E-state index contributed by atoms with van der Waals surface area (Å²) < 4.78 is 17.5. The van der Waals surface area contributed by atoms with E-state index >= 15 is 0 Å². The molecule has 0 aromatic heterocycles. The first kappa shape index (κ1) is 45.1. The summed E-state index contributed by atoms with van der Waals surface area (Å²) in [6.45, 7) is 4.50. The van der Waals surface area contributed by atoms with Gasteiger partial charge in [0.25, 0.3) is 5.91 Å². The van der Waals surface area contributed by atoms with Gasteiger partial charge in [0, 0.05) is 68.4 Å². The van der Waals surface area contributed by atoms with Gasteiger partial charge in [-0.25, -0.2) is 4.79 Å². The number of carbonyl (C=O) groups excluding carboxylic acids is 3. The number of aromatic hydroxyl groups is 1. The molecule has 14 heteroatoms. The number of phenols is 1. The van der Waals surface area contributed by atoms with Crippen molar-refractivity contribution in [3.05, 3.63) is 108 Å². The minimum Gasteiger partial charge on any atom is -0.506 e. The van der Waals surface area contributed by atoms with Crippen LogP contribution in [-0.4, -0.2) is 115 Å². The number of ether oxygens (including phenoxy) is 3. The fourth-order valence-electron chi connectivity index (χ4n) is 10.0. The second-order valence-electron chi connectivity index (χ2n) is 17.8. The third-order valence-electron chi connectivity index (χ3n) is 13.3. The first-order valence-corrected chi connectivity index (χ1v) is 22.9. The normalized spacial score (nSPS) is 21.1. The molecule has 0 spiro atoms. The fraction of sp³-hybridized carbons (Fsp3) is 0.460. The van der Waals surface area contributed by atoms with Crippen molar-refractivity contribution in [3.63, 3.8) is 0 Å². The van der Waals surface area contributed by atoms with Gasteiger partial charge in [-0.05, 0) is 72.9 Å². The molecule has 14 nitrogen and oxygen atoms in total. The number of hydrogen-bond acceptors (Lipinski definition) is 11. The monoisotopic (exact) mass is 874 g/mol. The van der Waals surface area contributed by atoms with Crippen LogP contribution in [0.1, 0.15) is 67.7 Å². The molecule has 4 atom stereocenters. The van der Waals surface area contributed by atoms with Crippen molar-refractivity contribution >= 4 is 29.3 Å². The number of likely N-dealkylation sites (tertiary alicyclic amines) is 1. The van der Waals surface area contributed by atoms with Gasteiger partial charge < -0.3 is 50.6 Å². The van der Waals surface area contributed by atoms with Crippen LogP contribution in [0.15, 0.2) is 91.0 Å². The van der Waals surface area contributed by atoms with Gasteiger partial charge in [-0.15, -0.1) is 0 Å². The third-order valence-corrected chi connectivity index (χ3v) is 13.3. The molecule has 8 rings (SSSR count). The number of phenolic OH excluding ortho intramolecular Hbond substituents is 1. The molecule has 7 N–H and O–H groups in total. The third kappa shape index (κ3) is 11.2. The van der Waals surface area contributed by atoms with Crippen LogP contribution in [0.5, 0.6) is 11.5 Å². The van der Waals surface area contributed by atoms with Crippen molar-refractivity contribution < 1.29 is 38.8 Å². The first-order chi connectivity index (χ1) is 31.1. The van der Waals surface area contributed by atoms with E-state index in [1.807, 2.05) is 59.5 Å². The molecule has 2 aliphatic heterocycles. The highest BCUT2D eigenvalue weighted by Gasteiger charge is 2.51. The predicted molar refractivity (Wildman–Crippen MR) is 245 cm³/mol. The summed E-state index contributed by atoms with van der Waals surface area (Å²) in [5.41, 5.74) is 12.4. The standard InChI is InChI=1S/C50H62N6O8/c51-50-29-39(64-49(61)53-42-16-7-6-15-40(42)36-11-2-1-3-12-36)28-37(50)31-55(33-50)23-19-34-9-8-10-35(27-34)20-25-62-26-21-46(60)56(38-13-4-5-14-38)24-22-52-30-44(58)41-17-18-43(57)47-48(41)63-32-45(59)54-47/h1-3,6-12,15-18,27,37-39,44,52,57-58H,4-5,13-14,19-26,28-33,51H2,(H,53,61)(H,54,59)/t37?,39?,44-,50+/m0/s1. The highest BCUT2D eigenvalue weighted by Crippen LogP contribution is 2.43. The number of nitrogens with one attached hydrogen (secondary N) is 3. The summed E-state index contributed by atoms with van der Waals surface area (Å²) in [5, 5.41) is 29.9. The molecular weight excluding hydrogens is 813 g/mol. The largest absolute Gasteiger partial charge is 0.506 e. The Morgan fingerprint density at radius 3 is 2.58 bits per heavy atom. The molecule has 64 heavy (non-hydrogen) atoms. The van der Waals surface area contributed by atoms with E-state index in [4.69, 9.17) is 19.9 Å². The number of carbonyl (C=O) groups is 3. The number of anilines is 2. The average molecular weight is 875 g/mol. The van der Waals surface area contributed by atoms with E-state index in [2.05, 4.69) is 45.1 Å². The van der Waals surface area contributed by atoms with Crippen molar-refractivity contribution in [2.45, 2.75) is 81.6 Å². The van der Waals surface area contributed by atoms with E-state index in [0.717, 1.165) is 81.4 Å². The lowest BCUT2D eigenvalue weighted by Gasteiger charge is -2.29. The van der Waals surface area contributed by atoms with Crippen LogP contribution in [0.4, 0.5) is 16.2 Å². The minimum atomic E-state index is -0.938. The average Bonchev–Trinajstić information content (AvgIpc) is 4.01. The van der Waals surface area contributed by atoms with Crippen LogP contribution in [0.2, 0.25) is 0 Å². The van der Waals surface area contributed by atoms with Gasteiger partial charge in [0.2, 0.25) is 5.91 Å². The summed E-state index contributed by atoms with van der Waals surface area (Å²) in [5.74, 6) is 0.124. The number of hydrogen-bond donors (Lipinski definition) is 6. The Bertz CT molecular complexity index is 2240. The van der Waals surface area contributed by atoms with Gasteiger partial charge in [-0.2, -0.15) is 0 Å². The summed E-state index contributed by atoms with van der Waals surface area (Å²) in [6, 6.07) is 29.6. The molecule has 4 aliphatic rings. The Kier molecular flexibility index (Phi) is 14.8. The van der Waals surface area contributed by atoms with Gasteiger partial charge in [0.05, 0.1) is 31.4 Å². The second-order valence-corrected chi connectivity index (χ2v) is 17.8. The van der Waals surface area contributed by atoms with Crippen molar-refractivity contribution in [2.24, 2.45) is 11.7 Å². The number of benzene rings is 4. The van der Waals surface area contributed by atoms with Crippen LogP contribution in [0.3, 0.4) is 0 Å². The Hall–Kier alpha value is -5.51. The van der Waals surface area contributed by atoms with E-state index in [1.165, 1.54) is 17.2 Å². The molecule has 0 bridgehead atoms. The van der Waals surface area contributed by atoms with Crippen molar-refractivity contribution in [3.8, 4) is 22.6 Å². The molecule has 1 saturated heterocycles. The molecule has 4 aromatic carbocycles. The highest BCUT2D eigenvalue weighted by molar-refractivity contribution is 5.97. The smallest absolute Gasteiger partial charge is 0.411 e. The lowest BCUT2D eigenvalue weighted by atomic mass is 9.92. The van der Waals surface area contributed by atoms with Crippen LogP contribution < -0.4 is 26.4 Å². The maximum absolute atomic E-state index is 13.5. The van der Waals surface area contributed by atoms with Gasteiger partial charge >= 0.3 is 6.09 Å². The molecular formula is C50H62N6O8. The predicted octanol–water partition coefficient (Wildman–Crippen LogP) is 6.02. The number of nitrogens with zero attached hydrogens (tertiary/aromatic N) is 2. The second kappa shape index (κ2) is 21.0. The number of amides is 3. The number of rotatable bonds is 19. The molecule has 2 saturated carbocycles. The minimum absolute atomic E-state index is 0.0764. The van der Waals surface area contributed by atoms with Crippen LogP contribution in [0, 0.1) is 5.92 Å². The van der Waals surface area contributed by atoms with Gasteiger partial charge in [0.1, 0.15) is 17.5 Å². The number of aliphatic hydroxyl groups excluding tert-OH is 1. The quantitative estimate of drug-likeness (QED) is 0.0478. The van der Waals surface area contributed by atoms with Crippen molar-refractivity contribution in [1.29, 1.82) is 0 Å². The molecule has 0 radical (unpaired) electrons. The van der Waals surface area contributed by atoms with Crippen LogP contribution >= 0.6 is 0 Å². The van der Waals surface area contributed by atoms with E-state index in [9.17, 15) is 24.6 Å². The fourth-order valence-corrected chi connectivity index (χ4v) is 10.0. The highest BCUT2D eigenvalue weighted by atomic mass is 16.6. The Labute approximate surface area is 375 Å². The van der Waals surface area contributed by atoms with Gasteiger partial charge in [-0.1, -0.05) is 85.6 Å². The van der Waals surface area contributed by atoms with E-state index in [0.29, 0.717) is 44.7 Å². The number of para-hydroxylation sites is 1. The van der Waals surface area contributed by atoms with Crippen molar-refractivity contribution in [2.75, 3.05) is 69.7 Å². The Balaban J connectivity index is 0.725. The zero-order chi connectivity index (χ0) is 44.5. The van der Waals surface area contributed by atoms with E-state index < -0.39 is 12.2 Å². The zero-order valence-corrected chi connectivity index (χ0v) is 36.5. The topological polar surface area (TPSA) is 188 Å². The van der Waals surface area contributed by atoms with E-state index in [1.54, 1.807) is 6.07 Å². The lowest BCUT2D eigenvalue weighted by molar-refractivity contribution is -0.134. The summed E-state index contributed by atoms with van der Waals surface area (Å²) in [4.78, 5) is 42.7. The summed E-state index contributed by atoms with van der Waals surface area (Å²) >= 11 is 0. The van der Waals surface area contributed by atoms with Gasteiger partial charge in [-0.3, -0.25) is 14.9 Å².